The second-order valence-electron chi connectivity index (χ2n) is 5.69. The summed E-state index contributed by atoms with van der Waals surface area (Å²) in [4.78, 5) is 20.1. The Bertz CT molecular complexity index is 408. The van der Waals surface area contributed by atoms with E-state index in [1.807, 2.05) is 18.2 Å². The van der Waals surface area contributed by atoms with Gasteiger partial charge in [0.05, 0.1) is 12.2 Å². The van der Waals surface area contributed by atoms with E-state index in [2.05, 4.69) is 36.1 Å². The first kappa shape index (κ1) is 17.4. The highest BCUT2D eigenvalue weighted by Crippen LogP contribution is 2.00. The van der Waals surface area contributed by atoms with Crippen molar-refractivity contribution in [3.63, 3.8) is 0 Å². The van der Waals surface area contributed by atoms with E-state index in [-0.39, 0.29) is 6.03 Å². The minimum absolute atomic E-state index is 0.0436. The van der Waals surface area contributed by atoms with E-state index < -0.39 is 0 Å². The van der Waals surface area contributed by atoms with Gasteiger partial charge in [0.25, 0.3) is 0 Å². The zero-order chi connectivity index (χ0) is 15.7. The molecule has 0 aromatic carbocycles. The molecule has 0 atom stereocenters. The molecule has 0 unspecified atom stereocenters. The van der Waals surface area contributed by atoms with Gasteiger partial charge in [-0.2, -0.15) is 0 Å². The zero-order valence-electron chi connectivity index (χ0n) is 13.7. The van der Waals surface area contributed by atoms with Crippen LogP contribution in [0, 0.1) is 0 Å². The summed E-state index contributed by atoms with van der Waals surface area (Å²) in [5, 5.41) is 2.95. The Labute approximate surface area is 128 Å². The maximum Gasteiger partial charge on any atom is 0.317 e. The van der Waals surface area contributed by atoms with Crippen molar-refractivity contribution in [3.8, 4) is 0 Å². The quantitative estimate of drug-likeness (QED) is 0.748. The topological polar surface area (TPSA) is 48.5 Å². The van der Waals surface area contributed by atoms with Crippen molar-refractivity contribution in [3.05, 3.63) is 30.1 Å². The number of nitrogens with one attached hydrogen (secondary N) is 1. The maximum absolute atomic E-state index is 11.9. The fraction of sp³-hybridized carbons (Fsp3) is 0.625. The van der Waals surface area contributed by atoms with Gasteiger partial charge < -0.3 is 15.1 Å². The van der Waals surface area contributed by atoms with Crippen LogP contribution in [-0.4, -0.2) is 54.0 Å². The van der Waals surface area contributed by atoms with E-state index in [9.17, 15) is 4.79 Å². The lowest BCUT2D eigenvalue weighted by molar-refractivity contribution is 0.205. The van der Waals surface area contributed by atoms with Crippen LogP contribution in [0.15, 0.2) is 24.4 Å². The predicted octanol–water partition coefficient (Wildman–Crippen LogP) is 2.34. The molecule has 1 aromatic heterocycles. The first-order chi connectivity index (χ1) is 10.0. The number of rotatable bonds is 8. The second kappa shape index (κ2) is 9.34. The molecule has 0 aliphatic rings. The number of urea groups is 1. The third-order valence-corrected chi connectivity index (χ3v) is 3.57. The number of amides is 2. The molecule has 1 heterocycles. The third kappa shape index (κ3) is 7.09. The van der Waals surface area contributed by atoms with Crippen LogP contribution in [0.25, 0.3) is 0 Å². The van der Waals surface area contributed by atoms with Crippen LogP contribution in [0.2, 0.25) is 0 Å². The van der Waals surface area contributed by atoms with Gasteiger partial charge in [0.15, 0.2) is 0 Å². The highest BCUT2D eigenvalue weighted by molar-refractivity contribution is 5.73. The van der Waals surface area contributed by atoms with Gasteiger partial charge in [-0.05, 0) is 52.4 Å². The van der Waals surface area contributed by atoms with Gasteiger partial charge in [0, 0.05) is 25.8 Å². The molecule has 1 aromatic rings. The number of aromatic nitrogens is 1. The Hall–Kier alpha value is -1.62. The van der Waals surface area contributed by atoms with Crippen molar-refractivity contribution in [1.29, 1.82) is 0 Å². The molecule has 118 valence electrons. The van der Waals surface area contributed by atoms with Gasteiger partial charge in [-0.1, -0.05) is 6.07 Å². The number of nitrogens with zero attached hydrogens (tertiary/aromatic N) is 3. The number of hydrogen-bond donors (Lipinski definition) is 1. The standard InChI is InChI=1S/C16H28N4O/c1-14(2)19(3)12-8-7-11-18-16(21)20(4)13-15-9-5-6-10-17-15/h5-6,9-10,14H,7-8,11-13H2,1-4H3,(H,18,21). The van der Waals surface area contributed by atoms with Gasteiger partial charge in [0.2, 0.25) is 0 Å². The minimum atomic E-state index is -0.0436. The average Bonchev–Trinajstić information content (AvgIpc) is 2.47. The monoisotopic (exact) mass is 292 g/mol. The highest BCUT2D eigenvalue weighted by Gasteiger charge is 2.08. The molecule has 0 bridgehead atoms. The predicted molar refractivity (Wildman–Crippen MR) is 86.1 cm³/mol. The Morgan fingerprint density at radius 1 is 1.29 bits per heavy atom. The van der Waals surface area contributed by atoms with E-state index >= 15 is 0 Å². The maximum atomic E-state index is 11.9. The van der Waals surface area contributed by atoms with Crippen LogP contribution in [0.1, 0.15) is 32.4 Å². The van der Waals surface area contributed by atoms with Crippen LogP contribution in [0.5, 0.6) is 0 Å². The lowest BCUT2D eigenvalue weighted by Crippen LogP contribution is -2.37. The molecule has 0 fully saturated rings. The Balaban J connectivity index is 2.16. The molecule has 5 nitrogen and oxygen atoms in total. The molecule has 0 aliphatic carbocycles. The summed E-state index contributed by atoms with van der Waals surface area (Å²) in [6.45, 7) is 6.69. The molecule has 0 aliphatic heterocycles. The van der Waals surface area contributed by atoms with Crippen LogP contribution in [0.3, 0.4) is 0 Å². The molecule has 1 N–H and O–H groups in total. The van der Waals surface area contributed by atoms with Crippen molar-refractivity contribution in [2.24, 2.45) is 0 Å². The Morgan fingerprint density at radius 2 is 2.05 bits per heavy atom. The molecule has 1 rings (SSSR count). The molecule has 0 saturated heterocycles. The van der Waals surface area contributed by atoms with Crippen molar-refractivity contribution in [1.82, 2.24) is 20.1 Å². The Morgan fingerprint density at radius 3 is 2.67 bits per heavy atom. The molecular formula is C16H28N4O. The third-order valence-electron chi connectivity index (χ3n) is 3.57. The lowest BCUT2D eigenvalue weighted by Gasteiger charge is -2.21. The SMILES string of the molecule is CC(C)N(C)CCCCNC(=O)N(C)Cc1ccccn1. The number of unbranched alkanes of at least 4 members (excludes halogenated alkanes) is 1. The highest BCUT2D eigenvalue weighted by atomic mass is 16.2. The smallest absolute Gasteiger partial charge is 0.317 e. The van der Waals surface area contributed by atoms with Gasteiger partial charge in [-0.15, -0.1) is 0 Å². The largest absolute Gasteiger partial charge is 0.338 e. The average molecular weight is 292 g/mol. The first-order valence-corrected chi connectivity index (χ1v) is 7.60. The number of pyridine rings is 1. The summed E-state index contributed by atoms with van der Waals surface area (Å²) in [6.07, 6.45) is 3.84. The van der Waals surface area contributed by atoms with Crippen molar-refractivity contribution < 1.29 is 4.79 Å². The number of carbonyl (C=O) groups is 1. The molecule has 5 heteroatoms. The van der Waals surface area contributed by atoms with Gasteiger partial charge in [-0.3, -0.25) is 4.98 Å². The van der Waals surface area contributed by atoms with E-state index in [4.69, 9.17) is 0 Å². The second-order valence-corrected chi connectivity index (χ2v) is 5.69. The van der Waals surface area contributed by atoms with Crippen molar-refractivity contribution in [2.75, 3.05) is 27.2 Å². The van der Waals surface area contributed by atoms with E-state index in [0.29, 0.717) is 12.6 Å². The van der Waals surface area contributed by atoms with E-state index in [1.165, 1.54) is 0 Å². The molecule has 2 amide bonds. The molecular weight excluding hydrogens is 264 g/mol. The summed E-state index contributed by atoms with van der Waals surface area (Å²) in [5.74, 6) is 0. The molecule has 0 saturated carbocycles. The normalized spacial score (nSPS) is 11.0. The minimum Gasteiger partial charge on any atom is -0.338 e. The van der Waals surface area contributed by atoms with E-state index in [1.54, 1.807) is 18.1 Å². The summed E-state index contributed by atoms with van der Waals surface area (Å²) in [7, 11) is 3.92. The van der Waals surface area contributed by atoms with Crippen LogP contribution < -0.4 is 5.32 Å². The number of hydrogen-bond acceptors (Lipinski definition) is 3. The van der Waals surface area contributed by atoms with Crippen molar-refractivity contribution >= 4 is 6.03 Å². The fourth-order valence-corrected chi connectivity index (χ4v) is 1.88. The zero-order valence-corrected chi connectivity index (χ0v) is 13.7. The molecule has 0 radical (unpaired) electrons. The molecule has 21 heavy (non-hydrogen) atoms. The first-order valence-electron chi connectivity index (χ1n) is 7.60. The van der Waals surface area contributed by atoms with Crippen LogP contribution in [0.4, 0.5) is 4.79 Å². The van der Waals surface area contributed by atoms with Gasteiger partial charge in [-0.25, -0.2) is 4.79 Å². The van der Waals surface area contributed by atoms with E-state index in [0.717, 1.165) is 31.6 Å². The Kier molecular flexibility index (Phi) is 7.75. The number of carbonyl (C=O) groups excluding carboxylic acids is 1. The summed E-state index contributed by atoms with van der Waals surface area (Å²) >= 11 is 0. The fourth-order valence-electron chi connectivity index (χ4n) is 1.88. The van der Waals surface area contributed by atoms with Crippen LogP contribution in [-0.2, 0) is 6.54 Å². The van der Waals surface area contributed by atoms with Crippen LogP contribution >= 0.6 is 0 Å². The molecule has 0 spiro atoms. The summed E-state index contributed by atoms with van der Waals surface area (Å²) in [6, 6.07) is 6.25. The summed E-state index contributed by atoms with van der Waals surface area (Å²) < 4.78 is 0. The van der Waals surface area contributed by atoms with Gasteiger partial charge in [0.1, 0.15) is 0 Å². The summed E-state index contributed by atoms with van der Waals surface area (Å²) in [5.41, 5.74) is 0.897. The lowest BCUT2D eigenvalue weighted by atomic mass is 10.2. The van der Waals surface area contributed by atoms with Gasteiger partial charge >= 0.3 is 6.03 Å². The van der Waals surface area contributed by atoms with Crippen molar-refractivity contribution in [2.45, 2.75) is 39.3 Å².